The molecule has 0 aliphatic carbocycles. The summed E-state index contributed by atoms with van der Waals surface area (Å²) in [7, 11) is 0. The van der Waals surface area contributed by atoms with Crippen molar-refractivity contribution < 1.29 is 9.18 Å². The molecule has 0 N–H and O–H groups in total. The van der Waals surface area contributed by atoms with Crippen LogP contribution in [0.4, 0.5) is 4.39 Å². The van der Waals surface area contributed by atoms with E-state index in [0.717, 1.165) is 11.1 Å². The molecule has 0 saturated carbocycles. The highest BCUT2D eigenvalue weighted by Gasteiger charge is 2.07. The molecule has 0 fully saturated rings. The summed E-state index contributed by atoms with van der Waals surface area (Å²) in [5.41, 5.74) is 1.62. The Kier molecular flexibility index (Phi) is 4.55. The fourth-order valence-corrected chi connectivity index (χ4v) is 1.77. The summed E-state index contributed by atoms with van der Waals surface area (Å²) < 4.78 is 12.8. The zero-order chi connectivity index (χ0) is 10.6. The Labute approximate surface area is 95.4 Å². The monoisotopic (exact) mass is 278 g/mol. The Morgan fingerprint density at radius 3 is 2.71 bits per heavy atom. The third kappa shape index (κ3) is 3.07. The van der Waals surface area contributed by atoms with E-state index in [1.807, 2.05) is 0 Å². The van der Waals surface area contributed by atoms with Crippen LogP contribution in [0.2, 0.25) is 0 Å². The highest BCUT2D eigenvalue weighted by atomic mass is 79.9. The second kappa shape index (κ2) is 5.47. The largest absolute Gasteiger partial charge is 0.298 e. The molecule has 0 aliphatic rings. The predicted octanol–water partition coefficient (Wildman–Crippen LogP) is 3.07. The highest BCUT2D eigenvalue weighted by molar-refractivity contribution is 9.08. The van der Waals surface area contributed by atoms with Crippen molar-refractivity contribution in [3.63, 3.8) is 0 Å². The van der Waals surface area contributed by atoms with E-state index in [0.29, 0.717) is 5.33 Å². The van der Waals surface area contributed by atoms with Crippen LogP contribution in [0, 0.1) is 5.82 Å². The fraction of sp³-hybridized carbons (Fsp3) is 0.300. The Morgan fingerprint density at radius 2 is 2.14 bits per heavy atom. The lowest BCUT2D eigenvalue weighted by atomic mass is 10.0. The van der Waals surface area contributed by atoms with Crippen molar-refractivity contribution in [1.82, 2.24) is 0 Å². The SMILES string of the molecule is O=C(CCl)Cc1ccc(F)cc1CBr. The Balaban J connectivity index is 2.90. The number of benzene rings is 1. The Bertz CT molecular complexity index is 341. The molecule has 14 heavy (non-hydrogen) atoms. The average molecular weight is 280 g/mol. The summed E-state index contributed by atoms with van der Waals surface area (Å²) in [6.45, 7) is 0. The van der Waals surface area contributed by atoms with Gasteiger partial charge < -0.3 is 0 Å². The normalized spacial score (nSPS) is 10.2. The summed E-state index contributed by atoms with van der Waals surface area (Å²) in [5, 5.41) is 0.537. The maximum absolute atomic E-state index is 12.8. The van der Waals surface area contributed by atoms with Crippen LogP contribution in [0.3, 0.4) is 0 Å². The molecule has 76 valence electrons. The van der Waals surface area contributed by atoms with Gasteiger partial charge in [0.25, 0.3) is 0 Å². The lowest BCUT2D eigenvalue weighted by Crippen LogP contribution is -2.06. The van der Waals surface area contributed by atoms with Gasteiger partial charge in [-0.25, -0.2) is 4.39 Å². The second-order valence-corrected chi connectivity index (χ2v) is 3.72. The first-order valence-corrected chi connectivity index (χ1v) is 5.74. The van der Waals surface area contributed by atoms with Crippen LogP contribution in [-0.2, 0) is 16.5 Å². The van der Waals surface area contributed by atoms with Gasteiger partial charge in [-0.3, -0.25) is 4.79 Å². The van der Waals surface area contributed by atoms with E-state index in [-0.39, 0.29) is 23.9 Å². The topological polar surface area (TPSA) is 17.1 Å². The molecule has 0 atom stereocenters. The van der Waals surface area contributed by atoms with E-state index in [9.17, 15) is 9.18 Å². The van der Waals surface area contributed by atoms with Crippen molar-refractivity contribution >= 4 is 33.3 Å². The maximum atomic E-state index is 12.8. The van der Waals surface area contributed by atoms with Crippen molar-refractivity contribution in [2.24, 2.45) is 0 Å². The van der Waals surface area contributed by atoms with Crippen LogP contribution in [-0.4, -0.2) is 11.7 Å². The van der Waals surface area contributed by atoms with Gasteiger partial charge in [-0.05, 0) is 23.3 Å². The number of hydrogen-bond acceptors (Lipinski definition) is 1. The van der Waals surface area contributed by atoms with E-state index in [1.54, 1.807) is 6.07 Å². The Morgan fingerprint density at radius 1 is 1.43 bits per heavy atom. The molecule has 1 aromatic rings. The molecule has 0 amide bonds. The van der Waals surface area contributed by atoms with Crippen LogP contribution >= 0.6 is 27.5 Å². The molecule has 1 nitrogen and oxygen atoms in total. The van der Waals surface area contributed by atoms with Gasteiger partial charge in [-0.2, -0.15) is 0 Å². The van der Waals surface area contributed by atoms with Gasteiger partial charge in [0.2, 0.25) is 0 Å². The molecule has 0 bridgehead atoms. The Hall–Kier alpha value is -0.410. The first-order chi connectivity index (χ1) is 6.67. The van der Waals surface area contributed by atoms with Crippen molar-refractivity contribution in [1.29, 1.82) is 0 Å². The zero-order valence-corrected chi connectivity index (χ0v) is 9.74. The number of carbonyl (C=O) groups is 1. The summed E-state index contributed by atoms with van der Waals surface area (Å²) in [6, 6.07) is 4.39. The highest BCUT2D eigenvalue weighted by Crippen LogP contribution is 2.15. The molecule has 1 aromatic carbocycles. The number of Topliss-reactive ketones (excluding diaryl/α,β-unsaturated/α-hetero) is 1. The summed E-state index contributed by atoms with van der Waals surface area (Å²) in [4.78, 5) is 11.1. The van der Waals surface area contributed by atoms with E-state index in [1.165, 1.54) is 12.1 Å². The zero-order valence-electron chi connectivity index (χ0n) is 7.40. The van der Waals surface area contributed by atoms with E-state index >= 15 is 0 Å². The maximum Gasteiger partial charge on any atom is 0.151 e. The van der Waals surface area contributed by atoms with E-state index in [4.69, 9.17) is 11.6 Å². The molecule has 0 radical (unpaired) electrons. The standard InChI is InChI=1S/C10H9BrClFO/c11-5-8-3-9(13)2-1-7(8)4-10(14)6-12/h1-3H,4-6H2. The van der Waals surface area contributed by atoms with Crippen molar-refractivity contribution in [3.05, 3.63) is 35.1 Å². The average Bonchev–Trinajstić information content (AvgIpc) is 2.20. The number of alkyl halides is 2. The minimum atomic E-state index is -0.290. The van der Waals surface area contributed by atoms with Gasteiger partial charge in [0.05, 0.1) is 5.88 Å². The molecule has 0 saturated heterocycles. The van der Waals surface area contributed by atoms with E-state index in [2.05, 4.69) is 15.9 Å². The van der Waals surface area contributed by atoms with Gasteiger partial charge >= 0.3 is 0 Å². The van der Waals surface area contributed by atoms with Gasteiger partial charge in [0.15, 0.2) is 5.78 Å². The lowest BCUT2D eigenvalue weighted by molar-refractivity contribution is -0.116. The summed E-state index contributed by atoms with van der Waals surface area (Å²) in [6.07, 6.45) is 0.269. The number of carbonyl (C=O) groups excluding carboxylic acids is 1. The van der Waals surface area contributed by atoms with Crippen LogP contribution in [0.25, 0.3) is 0 Å². The molecule has 0 heterocycles. The van der Waals surface area contributed by atoms with Gasteiger partial charge in [0.1, 0.15) is 5.82 Å². The minimum absolute atomic E-state index is 0.000891. The number of rotatable bonds is 4. The molecule has 0 aliphatic heterocycles. The molecule has 0 spiro atoms. The smallest absolute Gasteiger partial charge is 0.151 e. The lowest BCUT2D eigenvalue weighted by Gasteiger charge is -2.05. The van der Waals surface area contributed by atoms with Crippen LogP contribution in [0.1, 0.15) is 11.1 Å². The molecule has 4 heteroatoms. The molecular weight excluding hydrogens is 270 g/mol. The van der Waals surface area contributed by atoms with E-state index < -0.39 is 0 Å². The third-order valence-electron chi connectivity index (χ3n) is 1.85. The molecular formula is C10H9BrClFO. The third-order valence-corrected chi connectivity index (χ3v) is 2.75. The molecule has 0 aromatic heterocycles. The first-order valence-electron chi connectivity index (χ1n) is 4.08. The quantitative estimate of drug-likeness (QED) is 0.774. The fourth-order valence-electron chi connectivity index (χ4n) is 1.15. The minimum Gasteiger partial charge on any atom is -0.298 e. The predicted molar refractivity (Wildman–Crippen MR) is 58.5 cm³/mol. The van der Waals surface area contributed by atoms with Gasteiger partial charge in [0, 0.05) is 11.8 Å². The summed E-state index contributed by atoms with van der Waals surface area (Å²) in [5.74, 6) is -0.346. The first kappa shape index (κ1) is 11.7. The summed E-state index contributed by atoms with van der Waals surface area (Å²) >= 11 is 8.64. The number of hydrogen-bond donors (Lipinski definition) is 0. The van der Waals surface area contributed by atoms with Crippen LogP contribution in [0.5, 0.6) is 0 Å². The molecule has 1 rings (SSSR count). The van der Waals surface area contributed by atoms with Crippen LogP contribution in [0.15, 0.2) is 18.2 Å². The van der Waals surface area contributed by atoms with Crippen molar-refractivity contribution in [2.75, 3.05) is 5.88 Å². The van der Waals surface area contributed by atoms with Crippen molar-refractivity contribution in [3.8, 4) is 0 Å². The van der Waals surface area contributed by atoms with Gasteiger partial charge in [-0.15, -0.1) is 11.6 Å². The van der Waals surface area contributed by atoms with Crippen LogP contribution < -0.4 is 0 Å². The molecule has 0 unspecified atom stereocenters. The van der Waals surface area contributed by atoms with Gasteiger partial charge in [-0.1, -0.05) is 22.0 Å². The van der Waals surface area contributed by atoms with Crippen molar-refractivity contribution in [2.45, 2.75) is 11.8 Å². The number of halogens is 3. The number of ketones is 1. The second-order valence-electron chi connectivity index (χ2n) is 2.90.